The summed E-state index contributed by atoms with van der Waals surface area (Å²) in [6.07, 6.45) is 1.38. The van der Waals surface area contributed by atoms with Crippen LogP contribution in [-0.2, 0) is 14.6 Å². The molecule has 0 spiro atoms. The third kappa shape index (κ3) is 9.79. The summed E-state index contributed by atoms with van der Waals surface area (Å²) in [6, 6.07) is 0. The lowest BCUT2D eigenvalue weighted by atomic mass is 10.4. The Balaban J connectivity index is 3.36. The first-order valence-electron chi connectivity index (χ1n) is 4.45. The summed E-state index contributed by atoms with van der Waals surface area (Å²) >= 11 is 0. The number of nitrogens with one attached hydrogen (secondary N) is 1. The van der Waals surface area contributed by atoms with Crippen LogP contribution >= 0.6 is 0 Å². The summed E-state index contributed by atoms with van der Waals surface area (Å²) in [7, 11) is -2.84. The van der Waals surface area contributed by atoms with E-state index in [9.17, 15) is 8.42 Å². The fourth-order valence-corrected chi connectivity index (χ4v) is 1.42. The zero-order valence-electron chi connectivity index (χ0n) is 8.54. The molecule has 4 nitrogen and oxygen atoms in total. The van der Waals surface area contributed by atoms with Crippen LogP contribution < -0.4 is 5.32 Å². The summed E-state index contributed by atoms with van der Waals surface area (Å²) in [5.74, 6) is 0.186. The van der Waals surface area contributed by atoms with Gasteiger partial charge in [-0.2, -0.15) is 0 Å². The van der Waals surface area contributed by atoms with E-state index in [0.29, 0.717) is 19.7 Å². The standard InChI is InChI=1S/C8H19NO3S/c1-4-12-8(2)7-9-5-6-13(3,10)11/h8-9H,4-7H2,1-3H3. The molecular weight excluding hydrogens is 190 g/mol. The first-order chi connectivity index (χ1) is 5.95. The molecule has 0 amide bonds. The summed E-state index contributed by atoms with van der Waals surface area (Å²) in [5, 5.41) is 3.02. The van der Waals surface area contributed by atoms with Gasteiger partial charge in [0.15, 0.2) is 0 Å². The van der Waals surface area contributed by atoms with E-state index < -0.39 is 9.84 Å². The van der Waals surface area contributed by atoms with Gasteiger partial charge in [-0.1, -0.05) is 0 Å². The molecule has 0 saturated carbocycles. The van der Waals surface area contributed by atoms with E-state index in [0.717, 1.165) is 0 Å². The lowest BCUT2D eigenvalue weighted by Gasteiger charge is -2.11. The molecule has 0 rings (SSSR count). The van der Waals surface area contributed by atoms with Crippen LogP contribution in [0.15, 0.2) is 0 Å². The van der Waals surface area contributed by atoms with Crippen LogP contribution in [0, 0.1) is 0 Å². The maximum Gasteiger partial charge on any atom is 0.148 e. The highest BCUT2D eigenvalue weighted by Crippen LogP contribution is 1.87. The molecule has 13 heavy (non-hydrogen) atoms. The van der Waals surface area contributed by atoms with E-state index in [4.69, 9.17) is 4.74 Å². The van der Waals surface area contributed by atoms with Gasteiger partial charge < -0.3 is 10.1 Å². The van der Waals surface area contributed by atoms with Crippen molar-refractivity contribution in [3.8, 4) is 0 Å². The molecule has 0 aliphatic carbocycles. The van der Waals surface area contributed by atoms with Gasteiger partial charge in [0.25, 0.3) is 0 Å². The average Bonchev–Trinajstić information content (AvgIpc) is 1.97. The smallest absolute Gasteiger partial charge is 0.148 e. The van der Waals surface area contributed by atoms with Crippen LogP contribution in [0.25, 0.3) is 0 Å². The van der Waals surface area contributed by atoms with Crippen molar-refractivity contribution in [2.75, 3.05) is 31.7 Å². The predicted molar refractivity (Wildman–Crippen MR) is 53.7 cm³/mol. The number of rotatable bonds is 7. The second-order valence-electron chi connectivity index (χ2n) is 3.10. The molecule has 0 aromatic carbocycles. The minimum Gasteiger partial charge on any atom is -0.377 e. The van der Waals surface area contributed by atoms with Crippen molar-refractivity contribution in [3.05, 3.63) is 0 Å². The van der Waals surface area contributed by atoms with Crippen LogP contribution in [0.2, 0.25) is 0 Å². The van der Waals surface area contributed by atoms with E-state index in [1.54, 1.807) is 0 Å². The fourth-order valence-electron chi connectivity index (χ4n) is 0.906. The van der Waals surface area contributed by atoms with Crippen LogP contribution in [0.5, 0.6) is 0 Å². The molecule has 0 radical (unpaired) electrons. The van der Waals surface area contributed by atoms with Crippen molar-refractivity contribution in [1.29, 1.82) is 0 Å². The largest absolute Gasteiger partial charge is 0.377 e. The Morgan fingerprint density at radius 3 is 2.54 bits per heavy atom. The van der Waals surface area contributed by atoms with E-state index in [-0.39, 0.29) is 11.9 Å². The van der Waals surface area contributed by atoms with Crippen molar-refractivity contribution in [1.82, 2.24) is 5.32 Å². The number of sulfone groups is 1. The molecule has 1 atom stereocenters. The first-order valence-corrected chi connectivity index (χ1v) is 6.51. The zero-order valence-corrected chi connectivity index (χ0v) is 9.36. The van der Waals surface area contributed by atoms with Gasteiger partial charge in [0.2, 0.25) is 0 Å². The van der Waals surface area contributed by atoms with E-state index in [1.807, 2.05) is 13.8 Å². The monoisotopic (exact) mass is 209 g/mol. The Morgan fingerprint density at radius 1 is 1.46 bits per heavy atom. The topological polar surface area (TPSA) is 55.4 Å². The Labute approximate surface area is 80.6 Å². The van der Waals surface area contributed by atoms with E-state index in [1.165, 1.54) is 6.26 Å². The second-order valence-corrected chi connectivity index (χ2v) is 5.36. The fraction of sp³-hybridized carbons (Fsp3) is 1.00. The van der Waals surface area contributed by atoms with Crippen LogP contribution in [0.4, 0.5) is 0 Å². The second kappa shape index (κ2) is 6.34. The normalized spacial score (nSPS) is 14.4. The van der Waals surface area contributed by atoms with Gasteiger partial charge in [0, 0.05) is 26.0 Å². The van der Waals surface area contributed by atoms with Crippen LogP contribution in [0.1, 0.15) is 13.8 Å². The molecule has 0 aromatic rings. The summed E-state index contributed by atoms with van der Waals surface area (Å²) in [5.41, 5.74) is 0. The SMILES string of the molecule is CCOC(C)CNCCS(C)(=O)=O. The van der Waals surface area contributed by atoms with Crippen LogP contribution in [0.3, 0.4) is 0 Å². The van der Waals surface area contributed by atoms with Crippen molar-refractivity contribution in [2.45, 2.75) is 20.0 Å². The lowest BCUT2D eigenvalue weighted by Crippen LogP contribution is -2.30. The molecular formula is C8H19NO3S. The Kier molecular flexibility index (Phi) is 6.28. The highest BCUT2D eigenvalue weighted by molar-refractivity contribution is 7.90. The van der Waals surface area contributed by atoms with Gasteiger partial charge in [-0.15, -0.1) is 0 Å². The molecule has 80 valence electrons. The van der Waals surface area contributed by atoms with Gasteiger partial charge in [-0.25, -0.2) is 8.42 Å². The van der Waals surface area contributed by atoms with Gasteiger partial charge in [-0.3, -0.25) is 0 Å². The highest BCUT2D eigenvalue weighted by Gasteiger charge is 2.03. The van der Waals surface area contributed by atoms with Gasteiger partial charge >= 0.3 is 0 Å². The molecule has 1 N–H and O–H groups in total. The molecule has 0 aliphatic heterocycles. The number of hydrogen-bond donors (Lipinski definition) is 1. The maximum atomic E-state index is 10.7. The predicted octanol–water partition coefficient (Wildman–Crippen LogP) is 0.0456. The highest BCUT2D eigenvalue weighted by atomic mass is 32.2. The minimum absolute atomic E-state index is 0.143. The Hall–Kier alpha value is -0.130. The molecule has 0 aromatic heterocycles. The molecule has 0 fully saturated rings. The maximum absolute atomic E-state index is 10.7. The molecule has 5 heteroatoms. The third-order valence-electron chi connectivity index (χ3n) is 1.53. The Bertz CT molecular complexity index is 213. The first kappa shape index (κ1) is 12.9. The van der Waals surface area contributed by atoms with Crippen LogP contribution in [-0.4, -0.2) is 46.2 Å². The average molecular weight is 209 g/mol. The minimum atomic E-state index is -2.84. The third-order valence-corrected chi connectivity index (χ3v) is 2.48. The lowest BCUT2D eigenvalue weighted by molar-refractivity contribution is 0.0766. The number of hydrogen-bond acceptors (Lipinski definition) is 4. The van der Waals surface area contributed by atoms with Crippen molar-refractivity contribution < 1.29 is 13.2 Å². The summed E-state index contributed by atoms with van der Waals surface area (Å²) in [6.45, 7) is 5.78. The quantitative estimate of drug-likeness (QED) is 0.602. The van der Waals surface area contributed by atoms with Gasteiger partial charge in [0.1, 0.15) is 9.84 Å². The van der Waals surface area contributed by atoms with Gasteiger partial charge in [0.05, 0.1) is 11.9 Å². The van der Waals surface area contributed by atoms with Crippen molar-refractivity contribution in [3.63, 3.8) is 0 Å². The summed E-state index contributed by atoms with van der Waals surface area (Å²) < 4.78 is 26.7. The Morgan fingerprint density at radius 2 is 2.08 bits per heavy atom. The van der Waals surface area contributed by atoms with E-state index >= 15 is 0 Å². The number of ether oxygens (including phenoxy) is 1. The van der Waals surface area contributed by atoms with Crippen molar-refractivity contribution in [2.24, 2.45) is 0 Å². The van der Waals surface area contributed by atoms with E-state index in [2.05, 4.69) is 5.32 Å². The molecule has 0 bridgehead atoms. The summed E-state index contributed by atoms with van der Waals surface area (Å²) in [4.78, 5) is 0. The molecule has 0 heterocycles. The molecule has 0 saturated heterocycles. The molecule has 0 aliphatic rings. The molecule has 1 unspecified atom stereocenters. The zero-order chi connectivity index (χ0) is 10.3. The van der Waals surface area contributed by atoms with Crippen molar-refractivity contribution >= 4 is 9.84 Å². The van der Waals surface area contributed by atoms with Gasteiger partial charge in [-0.05, 0) is 13.8 Å².